The highest BCUT2D eigenvalue weighted by molar-refractivity contribution is 8.00. The number of thioether (sulfide) groups is 1. The Kier molecular flexibility index (Phi) is 3.82. The molecule has 0 bridgehead atoms. The third kappa shape index (κ3) is 3.06. The fourth-order valence-corrected chi connectivity index (χ4v) is 2.49. The van der Waals surface area contributed by atoms with Crippen molar-refractivity contribution in [3.05, 3.63) is 24.0 Å². The highest BCUT2D eigenvalue weighted by Crippen LogP contribution is 2.47. The normalized spacial score (nSPS) is 16.6. The van der Waals surface area contributed by atoms with Crippen molar-refractivity contribution < 1.29 is 9.13 Å². The van der Waals surface area contributed by atoms with E-state index in [9.17, 15) is 4.39 Å². The Labute approximate surface area is 106 Å². The first-order valence-electron chi connectivity index (χ1n) is 5.90. The van der Waals surface area contributed by atoms with Crippen LogP contribution in [-0.2, 0) is 0 Å². The molecule has 1 aliphatic rings. The third-order valence-corrected chi connectivity index (χ3v) is 4.50. The van der Waals surface area contributed by atoms with E-state index >= 15 is 0 Å². The molecule has 1 fully saturated rings. The zero-order valence-electron chi connectivity index (χ0n) is 10.3. The van der Waals surface area contributed by atoms with E-state index in [2.05, 4.69) is 11.6 Å². The van der Waals surface area contributed by atoms with E-state index < -0.39 is 0 Å². The Balaban J connectivity index is 2.04. The summed E-state index contributed by atoms with van der Waals surface area (Å²) in [6.07, 6.45) is 4.65. The van der Waals surface area contributed by atoms with Gasteiger partial charge in [0.15, 0.2) is 0 Å². The number of ether oxygens (including phenoxy) is 1. The van der Waals surface area contributed by atoms with Gasteiger partial charge in [0.05, 0.1) is 12.3 Å². The van der Waals surface area contributed by atoms with Crippen molar-refractivity contribution in [2.45, 2.75) is 24.5 Å². The highest BCUT2D eigenvalue weighted by Gasteiger charge is 2.41. The van der Waals surface area contributed by atoms with Gasteiger partial charge in [-0.25, -0.2) is 4.39 Å². The van der Waals surface area contributed by atoms with Crippen LogP contribution in [-0.4, -0.2) is 24.2 Å². The molecule has 0 radical (unpaired) electrons. The van der Waals surface area contributed by atoms with Crippen molar-refractivity contribution in [1.29, 1.82) is 0 Å². The van der Waals surface area contributed by atoms with Gasteiger partial charge >= 0.3 is 0 Å². The first kappa shape index (κ1) is 12.6. The molecule has 0 aromatic heterocycles. The van der Waals surface area contributed by atoms with E-state index in [0.717, 1.165) is 12.2 Å². The third-order valence-electron chi connectivity index (χ3n) is 3.09. The molecule has 1 aromatic rings. The minimum Gasteiger partial charge on any atom is -0.492 e. The van der Waals surface area contributed by atoms with Crippen LogP contribution < -0.4 is 10.1 Å². The molecular formula is C13H18FNOS. The maximum atomic E-state index is 13.1. The standard InChI is InChI=1S/C13H18FNOS/c1-3-16-12-8-10(14)4-5-11(12)15-9-13(17-2)6-7-13/h4-5,8,15H,3,6-7,9H2,1-2H3. The first-order chi connectivity index (χ1) is 8.19. The van der Waals surface area contributed by atoms with Crippen LogP contribution in [0.25, 0.3) is 0 Å². The summed E-state index contributed by atoms with van der Waals surface area (Å²) < 4.78 is 18.9. The molecule has 1 saturated carbocycles. The Morgan fingerprint density at radius 1 is 1.47 bits per heavy atom. The van der Waals surface area contributed by atoms with Gasteiger partial charge in [0, 0.05) is 17.4 Å². The van der Waals surface area contributed by atoms with Gasteiger partial charge in [-0.05, 0) is 38.2 Å². The lowest BCUT2D eigenvalue weighted by Gasteiger charge is -2.16. The summed E-state index contributed by atoms with van der Waals surface area (Å²) in [4.78, 5) is 0. The van der Waals surface area contributed by atoms with E-state index in [1.807, 2.05) is 18.7 Å². The van der Waals surface area contributed by atoms with Gasteiger partial charge in [0.2, 0.25) is 0 Å². The average Bonchev–Trinajstić information content (AvgIpc) is 3.09. The van der Waals surface area contributed by atoms with Gasteiger partial charge in [-0.1, -0.05) is 0 Å². The Morgan fingerprint density at radius 3 is 2.82 bits per heavy atom. The maximum Gasteiger partial charge on any atom is 0.145 e. The smallest absolute Gasteiger partial charge is 0.145 e. The molecule has 0 saturated heterocycles. The van der Waals surface area contributed by atoms with Crippen LogP contribution in [0, 0.1) is 5.82 Å². The summed E-state index contributed by atoms with van der Waals surface area (Å²) in [5, 5.41) is 3.37. The molecule has 0 spiro atoms. The molecule has 4 heteroatoms. The maximum absolute atomic E-state index is 13.1. The van der Waals surface area contributed by atoms with Crippen LogP contribution in [0.15, 0.2) is 18.2 Å². The van der Waals surface area contributed by atoms with Gasteiger partial charge in [-0.2, -0.15) is 11.8 Å². The molecule has 17 heavy (non-hydrogen) atoms. The van der Waals surface area contributed by atoms with Crippen LogP contribution in [0.4, 0.5) is 10.1 Å². The molecule has 0 aliphatic heterocycles. The van der Waals surface area contributed by atoms with E-state index in [1.165, 1.54) is 25.0 Å². The zero-order valence-corrected chi connectivity index (χ0v) is 11.1. The quantitative estimate of drug-likeness (QED) is 0.840. The number of nitrogens with one attached hydrogen (secondary N) is 1. The second kappa shape index (κ2) is 5.17. The summed E-state index contributed by atoms with van der Waals surface area (Å²) >= 11 is 1.90. The van der Waals surface area contributed by atoms with E-state index in [1.54, 1.807) is 6.07 Å². The largest absolute Gasteiger partial charge is 0.492 e. The minimum absolute atomic E-state index is 0.259. The van der Waals surface area contributed by atoms with Crippen LogP contribution in [0.1, 0.15) is 19.8 Å². The fraction of sp³-hybridized carbons (Fsp3) is 0.538. The second-order valence-electron chi connectivity index (χ2n) is 4.31. The molecule has 0 unspecified atom stereocenters. The summed E-state index contributed by atoms with van der Waals surface area (Å²) in [7, 11) is 0. The van der Waals surface area contributed by atoms with Crippen LogP contribution >= 0.6 is 11.8 Å². The predicted molar refractivity (Wildman–Crippen MR) is 71.5 cm³/mol. The topological polar surface area (TPSA) is 21.3 Å². The van der Waals surface area contributed by atoms with Gasteiger partial charge in [0.25, 0.3) is 0 Å². The lowest BCUT2D eigenvalue weighted by atomic mass is 10.2. The Bertz CT molecular complexity index is 393. The molecule has 0 amide bonds. The summed E-state index contributed by atoms with van der Waals surface area (Å²) in [5.41, 5.74) is 0.883. The molecule has 2 nitrogen and oxygen atoms in total. The summed E-state index contributed by atoms with van der Waals surface area (Å²) in [5.74, 6) is 0.342. The van der Waals surface area contributed by atoms with Gasteiger partial charge in [0.1, 0.15) is 11.6 Å². The lowest BCUT2D eigenvalue weighted by molar-refractivity contribution is 0.340. The van der Waals surface area contributed by atoms with Crippen molar-refractivity contribution in [3.63, 3.8) is 0 Å². The molecule has 2 rings (SSSR count). The molecule has 0 heterocycles. The van der Waals surface area contributed by atoms with E-state index in [4.69, 9.17) is 4.74 Å². The van der Waals surface area contributed by atoms with E-state index in [-0.39, 0.29) is 5.82 Å². The summed E-state index contributed by atoms with van der Waals surface area (Å²) in [6.45, 7) is 3.37. The molecule has 94 valence electrons. The van der Waals surface area contributed by atoms with Crippen molar-refractivity contribution >= 4 is 17.4 Å². The Morgan fingerprint density at radius 2 is 2.24 bits per heavy atom. The zero-order chi connectivity index (χ0) is 12.3. The van der Waals surface area contributed by atoms with Gasteiger partial charge < -0.3 is 10.1 Å². The lowest BCUT2D eigenvalue weighted by Crippen LogP contribution is -2.17. The number of rotatable bonds is 6. The number of hydrogen-bond acceptors (Lipinski definition) is 3. The molecule has 1 aliphatic carbocycles. The number of halogens is 1. The molecule has 1 N–H and O–H groups in total. The predicted octanol–water partition coefficient (Wildman–Crippen LogP) is 3.53. The van der Waals surface area contributed by atoms with Crippen molar-refractivity contribution in [2.75, 3.05) is 24.7 Å². The van der Waals surface area contributed by atoms with Crippen LogP contribution in [0.2, 0.25) is 0 Å². The van der Waals surface area contributed by atoms with Crippen LogP contribution in [0.5, 0.6) is 5.75 Å². The number of hydrogen-bond donors (Lipinski definition) is 1. The SMILES string of the molecule is CCOc1cc(F)ccc1NCC1(SC)CC1. The Hall–Kier alpha value is -0.900. The minimum atomic E-state index is -0.259. The fourth-order valence-electron chi connectivity index (χ4n) is 1.77. The monoisotopic (exact) mass is 255 g/mol. The van der Waals surface area contributed by atoms with Crippen molar-refractivity contribution in [1.82, 2.24) is 0 Å². The second-order valence-corrected chi connectivity index (χ2v) is 5.59. The number of anilines is 1. The molecular weight excluding hydrogens is 237 g/mol. The highest BCUT2D eigenvalue weighted by atomic mass is 32.2. The first-order valence-corrected chi connectivity index (χ1v) is 7.13. The van der Waals surface area contributed by atoms with E-state index in [0.29, 0.717) is 17.1 Å². The molecule has 0 atom stereocenters. The van der Waals surface area contributed by atoms with Crippen molar-refractivity contribution in [3.8, 4) is 5.75 Å². The molecule has 1 aromatic carbocycles. The van der Waals surface area contributed by atoms with Gasteiger partial charge in [-0.3, -0.25) is 0 Å². The summed E-state index contributed by atoms with van der Waals surface area (Å²) in [6, 6.07) is 4.64. The number of benzene rings is 1. The average molecular weight is 255 g/mol. The van der Waals surface area contributed by atoms with Crippen molar-refractivity contribution in [2.24, 2.45) is 0 Å². The van der Waals surface area contributed by atoms with Crippen LogP contribution in [0.3, 0.4) is 0 Å². The van der Waals surface area contributed by atoms with Gasteiger partial charge in [-0.15, -0.1) is 0 Å².